The lowest BCUT2D eigenvalue weighted by atomic mass is 10.0. The van der Waals surface area contributed by atoms with Crippen molar-refractivity contribution in [2.75, 3.05) is 38.1 Å². The molecule has 2 N–H and O–H groups in total. The van der Waals surface area contributed by atoms with Crippen LogP contribution in [0, 0.1) is 0 Å². The number of nitrogens with two attached hydrogens (primary N) is 1. The lowest BCUT2D eigenvalue weighted by Gasteiger charge is -2.28. The van der Waals surface area contributed by atoms with E-state index in [4.69, 9.17) is 0 Å². The number of rotatable bonds is 4. The molecule has 1 saturated heterocycles. The third-order valence-electron chi connectivity index (χ3n) is 5.24. The highest BCUT2D eigenvalue weighted by Crippen LogP contribution is 2.22. The summed E-state index contributed by atoms with van der Waals surface area (Å²) in [6, 6.07) is 9.02. The fourth-order valence-corrected chi connectivity index (χ4v) is 3.85. The van der Waals surface area contributed by atoms with Gasteiger partial charge in [-0.2, -0.15) is 0 Å². The third-order valence-corrected chi connectivity index (χ3v) is 5.24. The van der Waals surface area contributed by atoms with E-state index in [0.717, 1.165) is 32.6 Å². The molecule has 1 aromatic rings. The summed E-state index contributed by atoms with van der Waals surface area (Å²) in [5, 5.41) is 2.41. The first-order chi connectivity index (χ1) is 12.2. The normalized spacial score (nSPS) is 19.6. The van der Waals surface area contributed by atoms with E-state index in [9.17, 15) is 0 Å². The Morgan fingerprint density at radius 1 is 1.08 bits per heavy atom. The topological polar surface area (TPSA) is 23.1 Å². The van der Waals surface area contributed by atoms with Crippen molar-refractivity contribution in [1.29, 1.82) is 0 Å². The molecule has 1 aliphatic carbocycles. The van der Waals surface area contributed by atoms with Gasteiger partial charge in [0.1, 0.15) is 5.70 Å². The molecule has 0 aromatic heterocycles. The first-order valence-corrected chi connectivity index (χ1v) is 9.70. The summed E-state index contributed by atoms with van der Waals surface area (Å²) in [6.07, 6.45) is 10.7. The van der Waals surface area contributed by atoms with Crippen molar-refractivity contribution in [3.8, 4) is 0 Å². The molecule has 0 radical (unpaired) electrons. The van der Waals surface area contributed by atoms with Gasteiger partial charge >= 0.3 is 0 Å². The molecule has 134 valence electrons. The summed E-state index contributed by atoms with van der Waals surface area (Å²) in [4.78, 5) is 4.80. The SMILES string of the molecule is CCN(CC)c1ccc(/C=C2\CC[NH2+]C3=CCCC=C3N(C)C2)cc1. The molecule has 25 heavy (non-hydrogen) atoms. The van der Waals surface area contributed by atoms with Crippen molar-refractivity contribution in [2.24, 2.45) is 0 Å². The Labute approximate surface area is 152 Å². The van der Waals surface area contributed by atoms with Crippen molar-refractivity contribution < 1.29 is 5.32 Å². The van der Waals surface area contributed by atoms with Crippen LogP contribution in [0.1, 0.15) is 38.7 Å². The highest BCUT2D eigenvalue weighted by molar-refractivity contribution is 5.58. The Morgan fingerprint density at radius 3 is 2.52 bits per heavy atom. The quantitative estimate of drug-likeness (QED) is 0.910. The number of likely N-dealkylation sites (N-methyl/N-ethyl adjacent to an activating group) is 1. The smallest absolute Gasteiger partial charge is 0.148 e. The van der Waals surface area contributed by atoms with Crippen LogP contribution in [0.2, 0.25) is 0 Å². The third kappa shape index (κ3) is 4.35. The minimum absolute atomic E-state index is 1.02. The van der Waals surface area contributed by atoms with Gasteiger partial charge in [0.25, 0.3) is 0 Å². The number of hydrogen-bond acceptors (Lipinski definition) is 2. The van der Waals surface area contributed by atoms with Crippen LogP contribution in [0.3, 0.4) is 0 Å². The first kappa shape index (κ1) is 17.8. The average molecular weight is 339 g/mol. The van der Waals surface area contributed by atoms with E-state index in [1.807, 2.05) is 0 Å². The molecule has 3 heteroatoms. The Kier molecular flexibility index (Phi) is 5.98. The molecular formula is C22H32N3+. The van der Waals surface area contributed by atoms with Gasteiger partial charge in [-0.15, -0.1) is 0 Å². The van der Waals surface area contributed by atoms with Gasteiger partial charge in [0.05, 0.1) is 12.2 Å². The van der Waals surface area contributed by atoms with E-state index in [-0.39, 0.29) is 0 Å². The van der Waals surface area contributed by atoms with Crippen molar-refractivity contribution in [3.63, 3.8) is 0 Å². The maximum atomic E-state index is 2.41. The molecule has 1 aliphatic heterocycles. The van der Waals surface area contributed by atoms with Gasteiger partial charge in [0, 0.05) is 38.8 Å². The number of hydrogen-bond donors (Lipinski definition) is 1. The van der Waals surface area contributed by atoms with Crippen molar-refractivity contribution in [3.05, 3.63) is 58.9 Å². The lowest BCUT2D eigenvalue weighted by Crippen LogP contribution is -2.83. The summed E-state index contributed by atoms with van der Waals surface area (Å²) in [5.74, 6) is 0. The molecule has 0 spiro atoms. The number of nitrogens with zero attached hydrogens (tertiary/aromatic N) is 2. The standard InChI is InChI=1S/C22H31N3/c1-4-25(5-2)20-12-10-18(11-13-20)16-19-14-15-23-21-8-6-7-9-22(21)24(3)17-19/h8-13,16,23H,4-7,14-15,17H2,1-3H3/p+1/b19-16+. The number of anilines is 1. The fraction of sp³-hybridized carbons (Fsp3) is 0.455. The number of quaternary nitrogens is 1. The molecule has 0 bridgehead atoms. The van der Waals surface area contributed by atoms with Crippen LogP contribution in [0.15, 0.2) is 53.4 Å². The van der Waals surface area contributed by atoms with Gasteiger partial charge in [-0.05, 0) is 56.0 Å². The molecule has 1 fully saturated rings. The molecule has 0 unspecified atom stereocenters. The molecule has 1 aromatic carbocycles. The predicted molar refractivity (Wildman–Crippen MR) is 107 cm³/mol. The van der Waals surface area contributed by atoms with E-state index in [1.165, 1.54) is 41.1 Å². The summed E-state index contributed by atoms with van der Waals surface area (Å²) < 4.78 is 0. The Bertz CT molecular complexity index is 663. The van der Waals surface area contributed by atoms with Gasteiger partial charge in [0.15, 0.2) is 0 Å². The molecule has 0 saturated carbocycles. The number of allylic oxidation sites excluding steroid dienone is 2. The summed E-state index contributed by atoms with van der Waals surface area (Å²) in [5.41, 5.74) is 7.00. The molecule has 1 heterocycles. The van der Waals surface area contributed by atoms with E-state index in [1.54, 1.807) is 0 Å². The van der Waals surface area contributed by atoms with Gasteiger partial charge in [-0.1, -0.05) is 24.3 Å². The van der Waals surface area contributed by atoms with Crippen LogP contribution in [-0.2, 0) is 0 Å². The summed E-state index contributed by atoms with van der Waals surface area (Å²) in [6.45, 7) is 8.70. The molecule has 0 atom stereocenters. The Balaban J connectivity index is 1.74. The number of benzene rings is 1. The Morgan fingerprint density at radius 2 is 1.80 bits per heavy atom. The summed E-state index contributed by atoms with van der Waals surface area (Å²) in [7, 11) is 2.22. The van der Waals surface area contributed by atoms with Crippen LogP contribution < -0.4 is 10.2 Å². The monoisotopic (exact) mass is 338 g/mol. The van der Waals surface area contributed by atoms with Crippen molar-refractivity contribution in [2.45, 2.75) is 33.1 Å². The lowest BCUT2D eigenvalue weighted by molar-refractivity contribution is -0.604. The van der Waals surface area contributed by atoms with Crippen molar-refractivity contribution in [1.82, 2.24) is 4.90 Å². The Hall–Kier alpha value is -2.00. The maximum absolute atomic E-state index is 2.41. The molecule has 3 rings (SSSR count). The molecular weight excluding hydrogens is 306 g/mol. The van der Waals surface area contributed by atoms with E-state index in [2.05, 4.69) is 78.5 Å². The zero-order chi connectivity index (χ0) is 17.6. The van der Waals surface area contributed by atoms with E-state index in [0.29, 0.717) is 0 Å². The molecule has 3 nitrogen and oxygen atoms in total. The van der Waals surface area contributed by atoms with Crippen LogP contribution in [0.4, 0.5) is 5.69 Å². The van der Waals surface area contributed by atoms with E-state index >= 15 is 0 Å². The zero-order valence-corrected chi connectivity index (χ0v) is 16.0. The van der Waals surface area contributed by atoms with Gasteiger partial charge in [-0.25, -0.2) is 0 Å². The fourth-order valence-electron chi connectivity index (χ4n) is 3.85. The minimum atomic E-state index is 1.02. The van der Waals surface area contributed by atoms with Crippen LogP contribution in [0.25, 0.3) is 6.08 Å². The first-order valence-electron chi connectivity index (χ1n) is 9.70. The minimum Gasteiger partial charge on any atom is -0.372 e. The number of fused-ring (bicyclic) bond motifs is 1. The second kappa shape index (κ2) is 8.39. The average Bonchev–Trinajstić information content (AvgIpc) is 2.63. The predicted octanol–water partition coefficient (Wildman–Crippen LogP) is 3.38. The van der Waals surface area contributed by atoms with Crippen LogP contribution in [-0.4, -0.2) is 38.1 Å². The van der Waals surface area contributed by atoms with Gasteiger partial charge < -0.3 is 15.1 Å². The van der Waals surface area contributed by atoms with Gasteiger partial charge in [-0.3, -0.25) is 0 Å². The van der Waals surface area contributed by atoms with E-state index < -0.39 is 0 Å². The molecule has 2 aliphatic rings. The highest BCUT2D eigenvalue weighted by atomic mass is 15.1. The summed E-state index contributed by atoms with van der Waals surface area (Å²) >= 11 is 0. The zero-order valence-electron chi connectivity index (χ0n) is 16.0. The largest absolute Gasteiger partial charge is 0.372 e. The van der Waals surface area contributed by atoms with Crippen molar-refractivity contribution >= 4 is 11.8 Å². The highest BCUT2D eigenvalue weighted by Gasteiger charge is 2.20. The van der Waals surface area contributed by atoms with Crippen LogP contribution >= 0.6 is 0 Å². The second-order valence-corrected chi connectivity index (χ2v) is 6.99. The molecule has 0 amide bonds. The maximum Gasteiger partial charge on any atom is 0.148 e. The second-order valence-electron chi connectivity index (χ2n) is 6.99. The van der Waals surface area contributed by atoms with Crippen LogP contribution in [0.5, 0.6) is 0 Å². The van der Waals surface area contributed by atoms with Gasteiger partial charge in [0.2, 0.25) is 0 Å².